The lowest BCUT2D eigenvalue weighted by molar-refractivity contribution is -0.137. The molecule has 158 valence electrons. The summed E-state index contributed by atoms with van der Waals surface area (Å²) in [6.45, 7) is 1.35. The van der Waals surface area contributed by atoms with Gasteiger partial charge in [-0.3, -0.25) is 14.4 Å². The molecule has 1 aliphatic heterocycles. The first kappa shape index (κ1) is 21.6. The van der Waals surface area contributed by atoms with Crippen LogP contribution in [0.3, 0.4) is 0 Å². The molecule has 0 saturated carbocycles. The van der Waals surface area contributed by atoms with Crippen molar-refractivity contribution in [2.24, 2.45) is 4.99 Å². The van der Waals surface area contributed by atoms with E-state index in [-0.39, 0.29) is 34.6 Å². The molecule has 3 rings (SSSR count). The summed E-state index contributed by atoms with van der Waals surface area (Å²) < 4.78 is 63.9. The maximum atomic E-state index is 13.2. The van der Waals surface area contributed by atoms with Crippen LogP contribution in [0.5, 0.6) is 5.88 Å². The minimum atomic E-state index is -4.65. The number of hydrogen-bond acceptors (Lipinski definition) is 6. The lowest BCUT2D eigenvalue weighted by atomic mass is 10.0. The van der Waals surface area contributed by atoms with E-state index >= 15 is 0 Å². The van der Waals surface area contributed by atoms with Gasteiger partial charge in [0.05, 0.1) is 34.4 Å². The molecular weight excluding hydrogens is 423 g/mol. The van der Waals surface area contributed by atoms with E-state index in [1.54, 1.807) is 6.07 Å². The quantitative estimate of drug-likeness (QED) is 0.739. The molecule has 0 spiro atoms. The molecular formula is C19H16F3N3O4S. The Bertz CT molecular complexity index is 1240. The van der Waals surface area contributed by atoms with Crippen LogP contribution in [0.25, 0.3) is 0 Å². The van der Waals surface area contributed by atoms with Gasteiger partial charge in [-0.05, 0) is 31.0 Å². The molecule has 11 heteroatoms. The van der Waals surface area contributed by atoms with Crippen LogP contribution in [0.2, 0.25) is 0 Å². The van der Waals surface area contributed by atoms with Gasteiger partial charge in [0, 0.05) is 6.21 Å². The molecule has 7 nitrogen and oxygen atoms in total. The van der Waals surface area contributed by atoms with Crippen molar-refractivity contribution in [1.29, 1.82) is 5.26 Å². The lowest BCUT2D eigenvalue weighted by Gasteiger charge is -2.18. The number of sulfone groups is 1. The third-order valence-corrected chi connectivity index (χ3v) is 6.66. The standard InChI is InChI=1S/C19H16F3N3O4S/c1-11-13(8-23)17(26)25(12-6-7-30(28,29)10-12)18(27)14(11)9-24-16-5-3-2-4-15(16)19(20,21)22/h2-5,9,12,27H,6-7,10H2,1H3. The maximum absolute atomic E-state index is 13.2. The highest BCUT2D eigenvalue weighted by atomic mass is 32.2. The number of para-hydroxylation sites is 1. The smallest absolute Gasteiger partial charge is 0.418 e. The highest BCUT2D eigenvalue weighted by molar-refractivity contribution is 7.91. The molecule has 2 aromatic rings. The number of rotatable bonds is 3. The van der Waals surface area contributed by atoms with Gasteiger partial charge in [-0.15, -0.1) is 0 Å². The summed E-state index contributed by atoms with van der Waals surface area (Å²) in [4.78, 5) is 16.5. The van der Waals surface area contributed by atoms with E-state index < -0.39 is 44.7 Å². The number of alkyl halides is 3. The number of aromatic nitrogens is 1. The summed E-state index contributed by atoms with van der Waals surface area (Å²) in [5, 5.41) is 20.0. The second kappa shape index (κ2) is 7.60. The Hall–Kier alpha value is -3.13. The van der Waals surface area contributed by atoms with Gasteiger partial charge in [0.15, 0.2) is 9.84 Å². The molecule has 1 aliphatic rings. The Morgan fingerprint density at radius 2 is 2.00 bits per heavy atom. The Morgan fingerprint density at radius 1 is 1.33 bits per heavy atom. The van der Waals surface area contributed by atoms with Crippen molar-refractivity contribution in [3.63, 3.8) is 0 Å². The third kappa shape index (κ3) is 3.95. The van der Waals surface area contributed by atoms with Gasteiger partial charge in [-0.1, -0.05) is 12.1 Å². The molecule has 1 saturated heterocycles. The molecule has 30 heavy (non-hydrogen) atoms. The zero-order valence-electron chi connectivity index (χ0n) is 15.6. The molecule has 0 radical (unpaired) electrons. The summed E-state index contributed by atoms with van der Waals surface area (Å²) in [5.41, 5.74) is -2.71. The summed E-state index contributed by atoms with van der Waals surface area (Å²) in [5.74, 6) is -1.21. The second-order valence-corrected chi connectivity index (χ2v) is 9.08. The Labute approximate surface area is 169 Å². The highest BCUT2D eigenvalue weighted by Crippen LogP contribution is 2.36. The topological polar surface area (TPSA) is 113 Å². The van der Waals surface area contributed by atoms with Crippen LogP contribution in [0.4, 0.5) is 18.9 Å². The molecule has 1 N–H and O–H groups in total. The summed E-state index contributed by atoms with van der Waals surface area (Å²) in [6, 6.07) is 5.38. The maximum Gasteiger partial charge on any atom is 0.418 e. The number of benzene rings is 1. The number of halogens is 3. The van der Waals surface area contributed by atoms with Crippen LogP contribution in [-0.2, 0) is 16.0 Å². The summed E-state index contributed by atoms with van der Waals surface area (Å²) >= 11 is 0. The predicted octanol–water partition coefficient (Wildman–Crippen LogP) is 2.86. The van der Waals surface area contributed by atoms with E-state index in [4.69, 9.17) is 0 Å². The molecule has 1 unspecified atom stereocenters. The van der Waals surface area contributed by atoms with Crippen LogP contribution in [0, 0.1) is 18.3 Å². The van der Waals surface area contributed by atoms with E-state index in [9.17, 15) is 36.8 Å². The van der Waals surface area contributed by atoms with Gasteiger partial charge < -0.3 is 5.11 Å². The van der Waals surface area contributed by atoms with E-state index in [0.717, 1.165) is 22.9 Å². The number of aromatic hydroxyl groups is 1. The van der Waals surface area contributed by atoms with Crippen LogP contribution in [-0.4, -0.2) is 35.8 Å². The first-order valence-corrected chi connectivity index (χ1v) is 10.6. The zero-order chi connectivity index (χ0) is 22.3. The lowest BCUT2D eigenvalue weighted by Crippen LogP contribution is -2.29. The highest BCUT2D eigenvalue weighted by Gasteiger charge is 2.34. The van der Waals surface area contributed by atoms with Gasteiger partial charge in [0.1, 0.15) is 11.6 Å². The first-order chi connectivity index (χ1) is 14.0. The molecule has 0 bridgehead atoms. The molecule has 1 fully saturated rings. The van der Waals surface area contributed by atoms with Crippen LogP contribution in [0.1, 0.15) is 34.7 Å². The fourth-order valence-electron chi connectivity index (χ4n) is 3.37. The average molecular weight is 439 g/mol. The third-order valence-electron chi connectivity index (χ3n) is 4.91. The minimum Gasteiger partial charge on any atom is -0.494 e. The molecule has 0 aliphatic carbocycles. The van der Waals surface area contributed by atoms with Gasteiger partial charge in [0.25, 0.3) is 5.56 Å². The number of aliphatic imine (C=N–C) groups is 1. The van der Waals surface area contributed by atoms with Crippen LogP contribution < -0.4 is 5.56 Å². The van der Waals surface area contributed by atoms with Gasteiger partial charge in [-0.25, -0.2) is 8.42 Å². The van der Waals surface area contributed by atoms with Crippen LogP contribution in [0.15, 0.2) is 34.1 Å². The van der Waals surface area contributed by atoms with Crippen molar-refractivity contribution < 1.29 is 26.7 Å². The van der Waals surface area contributed by atoms with Crippen molar-refractivity contribution in [1.82, 2.24) is 4.57 Å². The first-order valence-electron chi connectivity index (χ1n) is 8.75. The Kier molecular flexibility index (Phi) is 5.47. The molecule has 1 atom stereocenters. The van der Waals surface area contributed by atoms with Gasteiger partial charge >= 0.3 is 6.18 Å². The molecule has 1 aromatic carbocycles. The second-order valence-electron chi connectivity index (χ2n) is 6.85. The molecule has 2 heterocycles. The van der Waals surface area contributed by atoms with Crippen LogP contribution >= 0.6 is 0 Å². The van der Waals surface area contributed by atoms with E-state index in [2.05, 4.69) is 4.99 Å². The van der Waals surface area contributed by atoms with Crippen molar-refractivity contribution in [2.45, 2.75) is 25.6 Å². The number of hydrogen-bond donors (Lipinski definition) is 1. The Balaban J connectivity index is 2.18. The molecule has 1 aromatic heterocycles. The van der Waals surface area contributed by atoms with Crippen molar-refractivity contribution in [3.05, 3.63) is 56.9 Å². The van der Waals surface area contributed by atoms with E-state index in [1.807, 2.05) is 0 Å². The average Bonchev–Trinajstić information content (AvgIpc) is 3.01. The van der Waals surface area contributed by atoms with E-state index in [1.165, 1.54) is 19.1 Å². The normalized spacial score (nSPS) is 18.6. The van der Waals surface area contributed by atoms with E-state index in [0.29, 0.717) is 0 Å². The predicted molar refractivity (Wildman–Crippen MR) is 103 cm³/mol. The minimum absolute atomic E-state index is 0.0327. The molecule has 0 amide bonds. The van der Waals surface area contributed by atoms with Gasteiger partial charge in [0.2, 0.25) is 5.88 Å². The summed E-state index contributed by atoms with van der Waals surface area (Å²) in [7, 11) is -3.41. The zero-order valence-corrected chi connectivity index (χ0v) is 16.5. The van der Waals surface area contributed by atoms with Crippen molar-refractivity contribution in [2.75, 3.05) is 11.5 Å². The fourth-order valence-corrected chi connectivity index (χ4v) is 5.07. The fraction of sp³-hybridized carbons (Fsp3) is 0.316. The van der Waals surface area contributed by atoms with Gasteiger partial charge in [-0.2, -0.15) is 18.4 Å². The number of nitrogens with zero attached hydrogens (tertiary/aromatic N) is 3. The number of pyridine rings is 1. The SMILES string of the molecule is Cc1c(C=Nc2ccccc2C(F)(F)F)c(O)n(C2CCS(=O)(=O)C2)c(=O)c1C#N. The monoisotopic (exact) mass is 439 g/mol. The summed E-state index contributed by atoms with van der Waals surface area (Å²) in [6.07, 6.45) is -3.65. The Morgan fingerprint density at radius 3 is 2.57 bits per heavy atom. The number of nitriles is 1. The largest absolute Gasteiger partial charge is 0.494 e. The van der Waals surface area contributed by atoms with Crippen molar-refractivity contribution >= 4 is 21.7 Å². The van der Waals surface area contributed by atoms with Crippen molar-refractivity contribution in [3.8, 4) is 11.9 Å².